The summed E-state index contributed by atoms with van der Waals surface area (Å²) in [6.45, 7) is 1.21. The van der Waals surface area contributed by atoms with E-state index in [0.29, 0.717) is 36.1 Å². The first-order valence-electron chi connectivity index (χ1n) is 11.0. The Hall–Kier alpha value is -3.81. The number of aromatic amines is 1. The molecule has 4 rings (SSSR count). The van der Waals surface area contributed by atoms with Gasteiger partial charge in [0.1, 0.15) is 28.7 Å². The van der Waals surface area contributed by atoms with Crippen LogP contribution in [0.5, 0.6) is 11.5 Å². The Balaban J connectivity index is 1.50. The Morgan fingerprint density at radius 3 is 2.58 bits per heavy atom. The van der Waals surface area contributed by atoms with Crippen LogP contribution in [0.1, 0.15) is 35.1 Å². The lowest BCUT2D eigenvalue weighted by molar-refractivity contribution is -0.134. The second-order valence-electron chi connectivity index (χ2n) is 7.93. The van der Waals surface area contributed by atoms with E-state index in [1.807, 2.05) is 59.5 Å². The number of H-pyrrole nitrogens is 1. The van der Waals surface area contributed by atoms with Crippen molar-refractivity contribution in [2.24, 2.45) is 0 Å². The Morgan fingerprint density at radius 2 is 1.88 bits per heavy atom. The van der Waals surface area contributed by atoms with Crippen LogP contribution in [0.3, 0.4) is 0 Å². The molecule has 172 valence electrons. The zero-order valence-electron chi connectivity index (χ0n) is 18.8. The van der Waals surface area contributed by atoms with E-state index < -0.39 is 0 Å². The standard InChI is InChI=1S/C25H28N4O4/c1-26-25(31)23-22(17-10-12-19(32-2)13-11-17)27-24(28-23)18-7-6-14-29(15-18)21(30)16-33-20-8-4-3-5-9-20/h3-5,8-13,18H,6-7,14-16H2,1-2H3,(H,26,31)(H,27,28)/t18-/m0/s1. The highest BCUT2D eigenvalue weighted by Gasteiger charge is 2.29. The molecule has 8 nitrogen and oxygen atoms in total. The first-order chi connectivity index (χ1) is 16.1. The number of ether oxygens (including phenoxy) is 2. The quantitative estimate of drug-likeness (QED) is 0.579. The fourth-order valence-electron chi connectivity index (χ4n) is 4.01. The van der Waals surface area contributed by atoms with Crippen LogP contribution in [0.4, 0.5) is 0 Å². The molecule has 1 aliphatic heterocycles. The summed E-state index contributed by atoms with van der Waals surface area (Å²) < 4.78 is 10.9. The van der Waals surface area contributed by atoms with Crippen LogP contribution in [0.25, 0.3) is 11.3 Å². The SMILES string of the molecule is CNC(=O)c1[nH]c([C@H]2CCCN(C(=O)COc3ccccc3)C2)nc1-c1ccc(OC)cc1. The zero-order chi connectivity index (χ0) is 23.2. The monoisotopic (exact) mass is 448 g/mol. The fraction of sp³-hybridized carbons (Fsp3) is 0.320. The predicted octanol–water partition coefficient (Wildman–Crippen LogP) is 3.23. The van der Waals surface area contributed by atoms with Crippen molar-refractivity contribution in [2.45, 2.75) is 18.8 Å². The molecule has 1 saturated heterocycles. The number of hydrogen-bond acceptors (Lipinski definition) is 5. The number of amides is 2. The normalized spacial score (nSPS) is 15.7. The highest BCUT2D eigenvalue weighted by Crippen LogP contribution is 2.30. The molecule has 1 fully saturated rings. The molecule has 0 bridgehead atoms. The van der Waals surface area contributed by atoms with Gasteiger partial charge < -0.3 is 24.7 Å². The van der Waals surface area contributed by atoms with Crippen LogP contribution in [0, 0.1) is 0 Å². The number of nitrogens with zero attached hydrogens (tertiary/aromatic N) is 2. The lowest BCUT2D eigenvalue weighted by Crippen LogP contribution is -2.41. The minimum atomic E-state index is -0.237. The summed E-state index contributed by atoms with van der Waals surface area (Å²) in [5, 5.41) is 2.67. The van der Waals surface area contributed by atoms with E-state index in [1.54, 1.807) is 14.2 Å². The third-order valence-electron chi connectivity index (χ3n) is 5.81. The number of rotatable bonds is 7. The molecule has 2 N–H and O–H groups in total. The van der Waals surface area contributed by atoms with Crippen molar-refractivity contribution in [1.82, 2.24) is 20.2 Å². The molecule has 33 heavy (non-hydrogen) atoms. The van der Waals surface area contributed by atoms with E-state index in [0.717, 1.165) is 24.2 Å². The predicted molar refractivity (Wildman–Crippen MR) is 124 cm³/mol. The van der Waals surface area contributed by atoms with Crippen molar-refractivity contribution >= 4 is 11.8 Å². The largest absolute Gasteiger partial charge is 0.497 e. The van der Waals surface area contributed by atoms with Crippen molar-refractivity contribution < 1.29 is 19.1 Å². The minimum absolute atomic E-state index is 0.00449. The van der Waals surface area contributed by atoms with Gasteiger partial charge in [-0.2, -0.15) is 0 Å². The Bertz CT molecular complexity index is 1100. The molecule has 0 saturated carbocycles. The average molecular weight is 449 g/mol. The van der Waals surface area contributed by atoms with Gasteiger partial charge >= 0.3 is 0 Å². The number of imidazole rings is 1. The van der Waals surface area contributed by atoms with E-state index in [9.17, 15) is 9.59 Å². The molecule has 0 aliphatic carbocycles. The van der Waals surface area contributed by atoms with Gasteiger partial charge in [0.05, 0.1) is 7.11 Å². The number of nitrogens with one attached hydrogen (secondary N) is 2. The molecule has 2 amide bonds. The van der Waals surface area contributed by atoms with Crippen molar-refractivity contribution in [2.75, 3.05) is 33.9 Å². The molecule has 8 heteroatoms. The number of methoxy groups -OCH3 is 1. The van der Waals surface area contributed by atoms with Crippen LogP contribution >= 0.6 is 0 Å². The topological polar surface area (TPSA) is 96.6 Å². The Labute approximate surface area is 192 Å². The number of benzene rings is 2. The van der Waals surface area contributed by atoms with Gasteiger partial charge in [0, 0.05) is 31.6 Å². The molecule has 2 aromatic carbocycles. The van der Waals surface area contributed by atoms with Gasteiger partial charge in [-0.1, -0.05) is 18.2 Å². The van der Waals surface area contributed by atoms with Crippen LogP contribution < -0.4 is 14.8 Å². The fourth-order valence-corrected chi connectivity index (χ4v) is 4.01. The number of likely N-dealkylation sites (tertiary alicyclic amines) is 1. The highest BCUT2D eigenvalue weighted by atomic mass is 16.5. The lowest BCUT2D eigenvalue weighted by Gasteiger charge is -2.31. The molecule has 1 aromatic heterocycles. The first-order valence-corrected chi connectivity index (χ1v) is 11.0. The summed E-state index contributed by atoms with van der Waals surface area (Å²) in [6, 6.07) is 16.7. The van der Waals surface area contributed by atoms with Crippen molar-refractivity contribution in [1.29, 1.82) is 0 Å². The van der Waals surface area contributed by atoms with Gasteiger partial charge in [-0.25, -0.2) is 4.98 Å². The third-order valence-corrected chi connectivity index (χ3v) is 5.81. The zero-order valence-corrected chi connectivity index (χ0v) is 18.8. The molecular weight excluding hydrogens is 420 g/mol. The van der Waals surface area contributed by atoms with E-state index in [2.05, 4.69) is 10.3 Å². The Kier molecular flexibility index (Phi) is 6.92. The summed E-state index contributed by atoms with van der Waals surface area (Å²) in [6.07, 6.45) is 1.74. The molecule has 3 aromatic rings. The molecular formula is C25H28N4O4. The number of carbonyl (C=O) groups excluding carboxylic acids is 2. The van der Waals surface area contributed by atoms with Crippen LogP contribution in [0.2, 0.25) is 0 Å². The summed E-state index contributed by atoms with van der Waals surface area (Å²) in [5.74, 6) is 1.83. The van der Waals surface area contributed by atoms with E-state index in [4.69, 9.17) is 14.5 Å². The second kappa shape index (κ2) is 10.2. The Morgan fingerprint density at radius 1 is 1.12 bits per heavy atom. The number of para-hydroxylation sites is 1. The maximum atomic E-state index is 12.8. The molecule has 0 spiro atoms. The van der Waals surface area contributed by atoms with E-state index in [-0.39, 0.29) is 24.3 Å². The van der Waals surface area contributed by atoms with Crippen LogP contribution in [-0.4, -0.2) is 60.5 Å². The lowest BCUT2D eigenvalue weighted by atomic mass is 9.97. The van der Waals surface area contributed by atoms with E-state index >= 15 is 0 Å². The van der Waals surface area contributed by atoms with Crippen LogP contribution in [-0.2, 0) is 4.79 Å². The molecule has 1 aliphatic rings. The van der Waals surface area contributed by atoms with Gasteiger partial charge in [-0.3, -0.25) is 9.59 Å². The summed E-state index contributed by atoms with van der Waals surface area (Å²) in [5.41, 5.74) is 1.81. The maximum Gasteiger partial charge on any atom is 0.269 e. The smallest absolute Gasteiger partial charge is 0.269 e. The number of piperidine rings is 1. The van der Waals surface area contributed by atoms with Crippen molar-refractivity contribution in [3.05, 3.63) is 66.1 Å². The van der Waals surface area contributed by atoms with E-state index in [1.165, 1.54) is 0 Å². The highest BCUT2D eigenvalue weighted by molar-refractivity contribution is 5.98. The molecule has 0 radical (unpaired) electrons. The van der Waals surface area contributed by atoms with Gasteiger partial charge in [-0.15, -0.1) is 0 Å². The van der Waals surface area contributed by atoms with Gasteiger partial charge in [0.25, 0.3) is 11.8 Å². The molecule has 0 unspecified atom stereocenters. The number of aromatic nitrogens is 2. The molecule has 1 atom stereocenters. The summed E-state index contributed by atoms with van der Waals surface area (Å²) in [7, 11) is 3.20. The second-order valence-corrected chi connectivity index (χ2v) is 7.93. The van der Waals surface area contributed by atoms with Gasteiger partial charge in [0.2, 0.25) is 0 Å². The van der Waals surface area contributed by atoms with Crippen molar-refractivity contribution in [3.8, 4) is 22.8 Å². The van der Waals surface area contributed by atoms with Gasteiger partial charge in [0.15, 0.2) is 6.61 Å². The number of hydrogen-bond donors (Lipinski definition) is 2. The number of carbonyl (C=O) groups is 2. The molecule has 2 heterocycles. The van der Waals surface area contributed by atoms with Crippen LogP contribution in [0.15, 0.2) is 54.6 Å². The minimum Gasteiger partial charge on any atom is -0.497 e. The first kappa shape index (κ1) is 22.4. The third kappa shape index (κ3) is 5.16. The maximum absolute atomic E-state index is 12.8. The average Bonchev–Trinajstić information content (AvgIpc) is 3.33. The van der Waals surface area contributed by atoms with Crippen molar-refractivity contribution in [3.63, 3.8) is 0 Å². The summed E-state index contributed by atoms with van der Waals surface area (Å²) in [4.78, 5) is 35.1. The summed E-state index contributed by atoms with van der Waals surface area (Å²) >= 11 is 0. The van der Waals surface area contributed by atoms with Gasteiger partial charge in [-0.05, 0) is 49.2 Å².